The molecule has 0 bridgehead atoms. The molecule has 2 aromatic carbocycles. The fourth-order valence-electron chi connectivity index (χ4n) is 4.23. The minimum atomic E-state index is -0.370. The molecule has 31 heavy (non-hydrogen) atoms. The first-order valence-corrected chi connectivity index (χ1v) is 10.3. The second-order valence-electron chi connectivity index (χ2n) is 8.00. The highest BCUT2D eigenvalue weighted by Gasteiger charge is 2.33. The van der Waals surface area contributed by atoms with E-state index < -0.39 is 0 Å². The van der Waals surface area contributed by atoms with Gasteiger partial charge < -0.3 is 0 Å². The van der Waals surface area contributed by atoms with Crippen molar-refractivity contribution in [2.24, 2.45) is 7.05 Å². The van der Waals surface area contributed by atoms with Crippen LogP contribution in [0.25, 0.3) is 11.2 Å². The Labute approximate surface area is 177 Å². The van der Waals surface area contributed by atoms with Gasteiger partial charge in [0.2, 0.25) is 11.2 Å². The van der Waals surface area contributed by atoms with E-state index >= 15 is 0 Å². The normalized spacial score (nSPS) is 13.6. The molecule has 1 aliphatic rings. The predicted molar refractivity (Wildman–Crippen MR) is 116 cm³/mol. The summed E-state index contributed by atoms with van der Waals surface area (Å²) < 4.78 is 18.1. The number of halogens is 1. The second-order valence-corrected chi connectivity index (χ2v) is 8.00. The molecule has 7 nitrogen and oxygen atoms in total. The molecule has 0 aliphatic carbocycles. The van der Waals surface area contributed by atoms with Crippen LogP contribution >= 0.6 is 0 Å². The van der Waals surface area contributed by atoms with Gasteiger partial charge in [-0.1, -0.05) is 29.8 Å². The van der Waals surface area contributed by atoms with Crippen molar-refractivity contribution in [3.05, 3.63) is 86.3 Å². The van der Waals surface area contributed by atoms with Crippen molar-refractivity contribution in [1.82, 2.24) is 14.1 Å². The monoisotopic (exact) mass is 420 g/mol. The lowest BCUT2D eigenvalue weighted by Gasteiger charge is -2.22. The molecular weight excluding hydrogens is 397 g/mol. The van der Waals surface area contributed by atoms with Gasteiger partial charge in [0.1, 0.15) is 11.5 Å². The van der Waals surface area contributed by atoms with E-state index in [4.69, 9.17) is 0 Å². The number of aromatic nitrogens is 4. The van der Waals surface area contributed by atoms with Crippen LogP contribution in [0.2, 0.25) is 0 Å². The Morgan fingerprint density at radius 1 is 1.06 bits per heavy atom. The van der Waals surface area contributed by atoms with Crippen molar-refractivity contribution in [3.63, 3.8) is 0 Å². The molecule has 1 aliphatic heterocycles. The summed E-state index contributed by atoms with van der Waals surface area (Å²) in [4.78, 5) is 31.7. The number of imidazole rings is 1. The molecule has 0 saturated carbocycles. The highest BCUT2D eigenvalue weighted by molar-refractivity contribution is 5.70. The number of aryl methyl sites for hydroxylation is 3. The van der Waals surface area contributed by atoms with Crippen molar-refractivity contribution >= 4 is 22.8 Å². The SMILES string of the molecule is Cc1ccc(Cn2c(=O)c3c([nH]c4[n+]3CCCN4c3ccc(F)cc3)n(C)c2=O)cc1. The fourth-order valence-corrected chi connectivity index (χ4v) is 4.23. The molecular formula is C23H23FN5O2+. The Bertz CT molecular complexity index is 1400. The Kier molecular flexibility index (Phi) is 4.50. The van der Waals surface area contributed by atoms with Gasteiger partial charge >= 0.3 is 11.6 Å². The van der Waals surface area contributed by atoms with Crippen LogP contribution < -0.4 is 20.7 Å². The quantitative estimate of drug-likeness (QED) is 0.518. The maximum absolute atomic E-state index is 13.4. The molecule has 0 fully saturated rings. The molecule has 0 amide bonds. The largest absolute Gasteiger partial charge is 0.364 e. The van der Waals surface area contributed by atoms with Gasteiger partial charge in [-0.05, 0) is 36.8 Å². The van der Waals surface area contributed by atoms with E-state index in [1.165, 1.54) is 21.3 Å². The van der Waals surface area contributed by atoms with Gasteiger partial charge in [-0.2, -0.15) is 0 Å². The van der Waals surface area contributed by atoms with Crippen molar-refractivity contribution in [2.75, 3.05) is 11.4 Å². The van der Waals surface area contributed by atoms with Gasteiger partial charge in [-0.25, -0.2) is 23.6 Å². The average molecular weight is 420 g/mol. The van der Waals surface area contributed by atoms with Crippen LogP contribution in [0, 0.1) is 12.7 Å². The molecule has 3 heterocycles. The highest BCUT2D eigenvalue weighted by atomic mass is 19.1. The average Bonchev–Trinajstić information content (AvgIpc) is 3.17. The first-order valence-electron chi connectivity index (χ1n) is 10.3. The number of nitrogens with one attached hydrogen (secondary N) is 1. The Hall–Kier alpha value is -3.68. The zero-order valence-electron chi connectivity index (χ0n) is 17.4. The van der Waals surface area contributed by atoms with Crippen LogP contribution in [0.3, 0.4) is 0 Å². The molecule has 2 aromatic heterocycles. The zero-order chi connectivity index (χ0) is 21.7. The number of fused-ring (bicyclic) bond motifs is 3. The van der Waals surface area contributed by atoms with Crippen molar-refractivity contribution < 1.29 is 8.96 Å². The number of hydrogen-bond donors (Lipinski definition) is 1. The number of benzene rings is 2. The summed E-state index contributed by atoms with van der Waals surface area (Å²) in [5.41, 5.74) is 3.11. The Morgan fingerprint density at radius 3 is 2.48 bits per heavy atom. The lowest BCUT2D eigenvalue weighted by Crippen LogP contribution is -2.49. The first-order chi connectivity index (χ1) is 14.9. The van der Waals surface area contributed by atoms with Gasteiger partial charge in [0.15, 0.2) is 0 Å². The first kappa shape index (κ1) is 19.3. The van der Waals surface area contributed by atoms with E-state index in [1.807, 2.05) is 40.7 Å². The second kappa shape index (κ2) is 7.23. The number of rotatable bonds is 3. The third kappa shape index (κ3) is 3.15. The summed E-state index contributed by atoms with van der Waals surface area (Å²) in [5, 5.41) is 0. The van der Waals surface area contributed by atoms with E-state index in [2.05, 4.69) is 4.98 Å². The number of aromatic amines is 1. The van der Waals surface area contributed by atoms with Gasteiger partial charge in [0, 0.05) is 13.5 Å². The van der Waals surface area contributed by atoms with Crippen LogP contribution in [0.5, 0.6) is 0 Å². The minimum Gasteiger partial charge on any atom is -0.267 e. The summed E-state index contributed by atoms with van der Waals surface area (Å²) in [5.74, 6) is 0.416. The summed E-state index contributed by atoms with van der Waals surface area (Å²) in [6, 6.07) is 14.1. The van der Waals surface area contributed by atoms with Crippen molar-refractivity contribution in [3.8, 4) is 0 Å². The van der Waals surface area contributed by atoms with Crippen LogP contribution in [0.4, 0.5) is 16.0 Å². The molecule has 8 heteroatoms. The highest BCUT2D eigenvalue weighted by Crippen LogP contribution is 2.26. The lowest BCUT2D eigenvalue weighted by atomic mass is 10.1. The Morgan fingerprint density at radius 2 is 1.77 bits per heavy atom. The summed E-state index contributed by atoms with van der Waals surface area (Å²) >= 11 is 0. The van der Waals surface area contributed by atoms with E-state index in [0.29, 0.717) is 23.7 Å². The summed E-state index contributed by atoms with van der Waals surface area (Å²) in [6.07, 6.45) is 0.822. The van der Waals surface area contributed by atoms with Crippen LogP contribution in [0.1, 0.15) is 17.5 Å². The maximum Gasteiger partial charge on any atom is 0.364 e. The van der Waals surface area contributed by atoms with Gasteiger partial charge in [0.05, 0.1) is 19.6 Å². The van der Waals surface area contributed by atoms with E-state index in [9.17, 15) is 14.0 Å². The number of hydrogen-bond acceptors (Lipinski definition) is 3. The summed E-state index contributed by atoms with van der Waals surface area (Å²) in [7, 11) is 1.67. The molecule has 5 rings (SSSR count). The molecule has 0 atom stereocenters. The molecule has 0 spiro atoms. The smallest absolute Gasteiger partial charge is 0.267 e. The third-order valence-corrected chi connectivity index (χ3v) is 5.90. The molecule has 158 valence electrons. The Balaban J connectivity index is 1.68. The number of anilines is 2. The van der Waals surface area contributed by atoms with Crippen LogP contribution in [0.15, 0.2) is 58.1 Å². The standard InChI is InChI=1S/C23H22FN5O2/c1-15-4-6-16(7-5-15)14-29-21(30)19-20(26(2)23(29)31)25-22-27(12-3-13-28(19)22)18-10-8-17(24)9-11-18/h4-11H,3,12-14H2,1-2H3/p+1. The molecule has 0 radical (unpaired) electrons. The van der Waals surface area contributed by atoms with Crippen molar-refractivity contribution in [2.45, 2.75) is 26.4 Å². The van der Waals surface area contributed by atoms with Gasteiger partial charge in [-0.3, -0.25) is 13.9 Å². The molecule has 1 N–H and O–H groups in total. The van der Waals surface area contributed by atoms with Crippen molar-refractivity contribution in [1.29, 1.82) is 0 Å². The molecule has 0 unspecified atom stereocenters. The fraction of sp³-hybridized carbons (Fsp3) is 0.261. The van der Waals surface area contributed by atoms with Gasteiger partial charge in [-0.15, -0.1) is 0 Å². The maximum atomic E-state index is 13.4. The topological polar surface area (TPSA) is 66.9 Å². The van der Waals surface area contributed by atoms with Gasteiger partial charge in [0.25, 0.3) is 5.56 Å². The number of nitrogens with zero attached hydrogens (tertiary/aromatic N) is 4. The zero-order valence-corrected chi connectivity index (χ0v) is 17.4. The van der Waals surface area contributed by atoms with Crippen LogP contribution in [-0.2, 0) is 20.1 Å². The third-order valence-electron chi connectivity index (χ3n) is 5.90. The van der Waals surface area contributed by atoms with E-state index in [-0.39, 0.29) is 23.6 Å². The van der Waals surface area contributed by atoms with Crippen LogP contribution in [-0.4, -0.2) is 20.7 Å². The summed E-state index contributed by atoms with van der Waals surface area (Å²) in [6.45, 7) is 3.59. The van der Waals surface area contributed by atoms with E-state index in [0.717, 1.165) is 29.8 Å². The van der Waals surface area contributed by atoms with E-state index in [1.54, 1.807) is 19.2 Å². The number of H-pyrrole nitrogens is 1. The molecule has 4 aromatic rings. The lowest BCUT2D eigenvalue weighted by molar-refractivity contribution is -0.663. The predicted octanol–water partition coefficient (Wildman–Crippen LogP) is 2.35. The molecule has 0 saturated heterocycles. The minimum absolute atomic E-state index is 0.212.